The van der Waals surface area contributed by atoms with Gasteiger partial charge in [0, 0.05) is 54.3 Å². The molecule has 0 atom stereocenters. The fourth-order valence-corrected chi connectivity index (χ4v) is 5.99. The number of hydrogen-bond donors (Lipinski definition) is 1. The maximum absolute atomic E-state index is 13.3. The number of hydrogen-bond acceptors (Lipinski definition) is 2. The zero-order valence-electron chi connectivity index (χ0n) is 19.1. The molecule has 6 rings (SSSR count). The fourth-order valence-electron chi connectivity index (χ4n) is 5.99. The Morgan fingerprint density at radius 2 is 1.64 bits per heavy atom. The maximum Gasteiger partial charge on any atom is 0.253 e. The van der Waals surface area contributed by atoms with Crippen molar-refractivity contribution in [3.63, 3.8) is 0 Å². The van der Waals surface area contributed by atoms with Gasteiger partial charge in [-0.1, -0.05) is 24.3 Å². The third-order valence-electron chi connectivity index (χ3n) is 7.92. The van der Waals surface area contributed by atoms with Gasteiger partial charge in [-0.3, -0.25) is 9.59 Å². The number of aromatic amines is 1. The highest BCUT2D eigenvalue weighted by molar-refractivity contribution is 5.99. The molecule has 3 aromatic rings. The SMILES string of the molecule is O=C(c1ccc2[nH]c3c(c2c1)CCCC3)N1CCC(C(=O)N2CCc3ccccc3C2)CC1. The lowest BCUT2D eigenvalue weighted by Gasteiger charge is -2.36. The smallest absolute Gasteiger partial charge is 0.253 e. The van der Waals surface area contributed by atoms with E-state index in [-0.39, 0.29) is 17.7 Å². The van der Waals surface area contributed by atoms with Gasteiger partial charge >= 0.3 is 0 Å². The molecule has 0 unspecified atom stereocenters. The van der Waals surface area contributed by atoms with Gasteiger partial charge in [0.15, 0.2) is 0 Å². The van der Waals surface area contributed by atoms with E-state index in [2.05, 4.69) is 41.4 Å². The van der Waals surface area contributed by atoms with Crippen LogP contribution in [0, 0.1) is 5.92 Å². The number of H-pyrrole nitrogens is 1. The van der Waals surface area contributed by atoms with Crippen LogP contribution in [0.2, 0.25) is 0 Å². The highest BCUT2D eigenvalue weighted by atomic mass is 16.2. The number of fused-ring (bicyclic) bond motifs is 4. The first-order valence-corrected chi connectivity index (χ1v) is 12.5. The molecule has 3 aliphatic rings. The Morgan fingerprint density at radius 1 is 0.848 bits per heavy atom. The molecule has 2 aromatic carbocycles. The van der Waals surface area contributed by atoms with Gasteiger partial charge in [0.05, 0.1) is 0 Å². The molecule has 2 amide bonds. The number of amides is 2. The van der Waals surface area contributed by atoms with Crippen molar-refractivity contribution >= 4 is 22.7 Å². The van der Waals surface area contributed by atoms with E-state index in [9.17, 15) is 9.59 Å². The van der Waals surface area contributed by atoms with Crippen LogP contribution in [0.4, 0.5) is 0 Å². The van der Waals surface area contributed by atoms with Gasteiger partial charge in [-0.2, -0.15) is 0 Å². The molecular formula is C28H31N3O2. The minimum Gasteiger partial charge on any atom is -0.358 e. The van der Waals surface area contributed by atoms with Crippen LogP contribution in [0.15, 0.2) is 42.5 Å². The summed E-state index contributed by atoms with van der Waals surface area (Å²) in [7, 11) is 0. The Balaban J connectivity index is 1.11. The molecule has 0 radical (unpaired) electrons. The second-order valence-electron chi connectivity index (χ2n) is 9.89. The summed E-state index contributed by atoms with van der Waals surface area (Å²) >= 11 is 0. The first-order valence-electron chi connectivity index (χ1n) is 12.5. The van der Waals surface area contributed by atoms with E-state index in [0.717, 1.165) is 56.3 Å². The summed E-state index contributed by atoms with van der Waals surface area (Å²) in [5.74, 6) is 0.385. The lowest BCUT2D eigenvalue weighted by Crippen LogP contribution is -2.45. The average molecular weight is 442 g/mol. The summed E-state index contributed by atoms with van der Waals surface area (Å²) in [6.07, 6.45) is 7.12. The minimum atomic E-state index is 0.0264. The zero-order chi connectivity index (χ0) is 22.4. The molecular weight excluding hydrogens is 410 g/mol. The Kier molecular flexibility index (Phi) is 5.20. The number of carbonyl (C=O) groups excluding carboxylic acids is 2. The molecule has 0 bridgehead atoms. The number of aryl methyl sites for hydroxylation is 2. The van der Waals surface area contributed by atoms with Gasteiger partial charge in [-0.05, 0) is 79.8 Å². The highest BCUT2D eigenvalue weighted by Gasteiger charge is 2.32. The van der Waals surface area contributed by atoms with Crippen LogP contribution in [0.25, 0.3) is 10.9 Å². The fraction of sp³-hybridized carbons (Fsp3) is 0.429. The van der Waals surface area contributed by atoms with E-state index in [1.807, 2.05) is 15.9 Å². The van der Waals surface area contributed by atoms with Crippen molar-refractivity contribution in [1.82, 2.24) is 14.8 Å². The van der Waals surface area contributed by atoms with Crippen LogP contribution in [0.1, 0.15) is 58.4 Å². The van der Waals surface area contributed by atoms with E-state index in [0.29, 0.717) is 13.1 Å². The summed E-state index contributed by atoms with van der Waals surface area (Å²) in [6, 6.07) is 14.5. The van der Waals surface area contributed by atoms with E-state index >= 15 is 0 Å². The number of aromatic nitrogens is 1. The predicted molar refractivity (Wildman–Crippen MR) is 129 cm³/mol. The molecule has 1 N–H and O–H groups in total. The van der Waals surface area contributed by atoms with Gasteiger partial charge in [-0.25, -0.2) is 0 Å². The molecule has 0 spiro atoms. The van der Waals surface area contributed by atoms with E-state index in [1.54, 1.807) is 0 Å². The molecule has 2 aliphatic heterocycles. The monoisotopic (exact) mass is 441 g/mol. The molecule has 5 heteroatoms. The number of nitrogens with one attached hydrogen (secondary N) is 1. The lowest BCUT2D eigenvalue weighted by atomic mass is 9.92. The topological polar surface area (TPSA) is 56.4 Å². The van der Waals surface area contributed by atoms with Crippen molar-refractivity contribution in [1.29, 1.82) is 0 Å². The van der Waals surface area contributed by atoms with Crippen molar-refractivity contribution in [2.45, 2.75) is 51.5 Å². The number of likely N-dealkylation sites (tertiary alicyclic amines) is 1. The van der Waals surface area contributed by atoms with E-state index in [4.69, 9.17) is 0 Å². The van der Waals surface area contributed by atoms with Gasteiger partial charge < -0.3 is 14.8 Å². The van der Waals surface area contributed by atoms with Crippen LogP contribution in [-0.4, -0.2) is 46.2 Å². The molecule has 1 saturated heterocycles. The average Bonchev–Trinajstić information content (AvgIpc) is 3.25. The van der Waals surface area contributed by atoms with Gasteiger partial charge in [0.25, 0.3) is 5.91 Å². The summed E-state index contributed by atoms with van der Waals surface area (Å²) in [6.45, 7) is 2.83. The van der Waals surface area contributed by atoms with Crippen LogP contribution in [-0.2, 0) is 30.6 Å². The molecule has 5 nitrogen and oxygen atoms in total. The molecule has 0 saturated carbocycles. The third kappa shape index (κ3) is 3.73. The second-order valence-corrected chi connectivity index (χ2v) is 9.89. The number of nitrogens with zero attached hydrogens (tertiary/aromatic N) is 2. The maximum atomic E-state index is 13.3. The quantitative estimate of drug-likeness (QED) is 0.637. The largest absolute Gasteiger partial charge is 0.358 e. The van der Waals surface area contributed by atoms with Crippen molar-refractivity contribution in [2.75, 3.05) is 19.6 Å². The number of rotatable bonds is 2. The summed E-state index contributed by atoms with van der Waals surface area (Å²) in [4.78, 5) is 34.0. The van der Waals surface area contributed by atoms with Crippen LogP contribution < -0.4 is 0 Å². The van der Waals surface area contributed by atoms with Crippen LogP contribution >= 0.6 is 0 Å². The normalized spacial score (nSPS) is 18.8. The Morgan fingerprint density at radius 3 is 2.48 bits per heavy atom. The first kappa shape index (κ1) is 20.5. The first-order chi connectivity index (χ1) is 16.2. The van der Waals surface area contributed by atoms with E-state index in [1.165, 1.54) is 40.6 Å². The van der Waals surface area contributed by atoms with Gasteiger partial charge in [0.2, 0.25) is 5.91 Å². The van der Waals surface area contributed by atoms with E-state index < -0.39 is 0 Å². The Bertz CT molecular complexity index is 1220. The van der Waals surface area contributed by atoms with Crippen LogP contribution in [0.5, 0.6) is 0 Å². The van der Waals surface area contributed by atoms with Gasteiger partial charge in [0.1, 0.15) is 0 Å². The minimum absolute atomic E-state index is 0.0264. The summed E-state index contributed by atoms with van der Waals surface area (Å²) in [5.41, 5.74) is 7.30. The zero-order valence-corrected chi connectivity index (χ0v) is 19.1. The summed E-state index contributed by atoms with van der Waals surface area (Å²) in [5, 5.41) is 1.21. The Hall–Kier alpha value is -3.08. The summed E-state index contributed by atoms with van der Waals surface area (Å²) < 4.78 is 0. The predicted octanol–water partition coefficient (Wildman–Crippen LogP) is 4.48. The molecule has 170 valence electrons. The Labute approximate surface area is 194 Å². The van der Waals surface area contributed by atoms with Crippen molar-refractivity contribution in [3.8, 4) is 0 Å². The van der Waals surface area contributed by atoms with Crippen molar-refractivity contribution in [3.05, 3.63) is 70.4 Å². The standard InChI is InChI=1S/C28H31N3O2/c32-27(31-16-11-19-5-1-2-6-22(19)18-31)20-12-14-30(15-13-20)28(33)21-9-10-26-24(17-21)23-7-3-4-8-25(23)29-26/h1-2,5-6,9-10,17,20,29H,3-4,7-8,11-16,18H2. The molecule has 1 fully saturated rings. The highest BCUT2D eigenvalue weighted by Crippen LogP contribution is 2.31. The molecule has 1 aromatic heterocycles. The third-order valence-corrected chi connectivity index (χ3v) is 7.92. The lowest BCUT2D eigenvalue weighted by molar-refractivity contribution is -0.137. The molecule has 33 heavy (non-hydrogen) atoms. The van der Waals surface area contributed by atoms with Crippen LogP contribution in [0.3, 0.4) is 0 Å². The second kappa shape index (κ2) is 8.36. The molecule has 1 aliphatic carbocycles. The number of piperidine rings is 1. The van der Waals surface area contributed by atoms with Gasteiger partial charge in [-0.15, -0.1) is 0 Å². The van der Waals surface area contributed by atoms with Crippen molar-refractivity contribution in [2.24, 2.45) is 5.92 Å². The number of carbonyl (C=O) groups is 2. The molecule has 3 heterocycles. The van der Waals surface area contributed by atoms with Crippen molar-refractivity contribution < 1.29 is 9.59 Å². The number of benzene rings is 2.